The molecule has 0 aromatic rings. The fourth-order valence-electron chi connectivity index (χ4n) is 3.15. The molecule has 2 unspecified atom stereocenters. The lowest BCUT2D eigenvalue weighted by Crippen LogP contribution is -2.53. The molecule has 0 spiro atoms. The van der Waals surface area contributed by atoms with Crippen LogP contribution in [0, 0.1) is 5.92 Å². The van der Waals surface area contributed by atoms with Crippen molar-refractivity contribution in [2.45, 2.75) is 57.5 Å². The van der Waals surface area contributed by atoms with E-state index >= 15 is 0 Å². The van der Waals surface area contributed by atoms with Gasteiger partial charge in [0.05, 0.1) is 0 Å². The van der Waals surface area contributed by atoms with Crippen molar-refractivity contribution in [1.82, 2.24) is 8.61 Å². The van der Waals surface area contributed by atoms with Crippen LogP contribution >= 0.6 is 12.4 Å². The minimum atomic E-state index is -3.31. The zero-order valence-electron chi connectivity index (χ0n) is 12.5. The van der Waals surface area contributed by atoms with E-state index in [2.05, 4.69) is 0 Å². The van der Waals surface area contributed by atoms with Crippen LogP contribution in [-0.2, 0) is 10.2 Å². The summed E-state index contributed by atoms with van der Waals surface area (Å²) in [5.41, 5.74) is 5.97. The molecule has 0 amide bonds. The van der Waals surface area contributed by atoms with E-state index in [1.165, 1.54) is 6.42 Å². The molecule has 2 aliphatic rings. The van der Waals surface area contributed by atoms with Crippen molar-refractivity contribution in [3.8, 4) is 0 Å². The van der Waals surface area contributed by atoms with Gasteiger partial charge < -0.3 is 5.73 Å². The van der Waals surface area contributed by atoms with Crippen molar-refractivity contribution >= 4 is 22.6 Å². The summed E-state index contributed by atoms with van der Waals surface area (Å²) >= 11 is 0. The predicted molar refractivity (Wildman–Crippen MR) is 84.1 cm³/mol. The SMILES string of the molecule is CC1CN(S(=O)(=O)N(C)C2CCCCC2)CCC1N.Cl. The first-order chi connectivity index (χ1) is 8.93. The summed E-state index contributed by atoms with van der Waals surface area (Å²) in [4.78, 5) is 0. The van der Waals surface area contributed by atoms with Crippen LogP contribution < -0.4 is 5.73 Å². The molecule has 0 aromatic heterocycles. The molecule has 2 atom stereocenters. The van der Waals surface area contributed by atoms with Gasteiger partial charge in [0.1, 0.15) is 0 Å². The molecular formula is C13H28ClN3O2S. The Balaban J connectivity index is 0.00000200. The van der Waals surface area contributed by atoms with E-state index in [4.69, 9.17) is 5.73 Å². The third-order valence-corrected chi connectivity index (χ3v) is 6.72. The minimum Gasteiger partial charge on any atom is -0.327 e. The second kappa shape index (κ2) is 7.40. The Kier molecular flexibility index (Phi) is 6.73. The first-order valence-corrected chi connectivity index (χ1v) is 8.81. The van der Waals surface area contributed by atoms with Crippen LogP contribution in [0.4, 0.5) is 0 Å². The summed E-state index contributed by atoms with van der Waals surface area (Å²) in [5.74, 6) is 0.239. The second-order valence-electron chi connectivity index (χ2n) is 6.10. The number of hydrogen-bond acceptors (Lipinski definition) is 3. The molecular weight excluding hydrogens is 298 g/mol. The van der Waals surface area contributed by atoms with Crippen LogP contribution in [0.15, 0.2) is 0 Å². The summed E-state index contributed by atoms with van der Waals surface area (Å²) in [6.07, 6.45) is 6.29. The fourth-order valence-corrected chi connectivity index (χ4v) is 4.86. The van der Waals surface area contributed by atoms with Crippen LogP contribution in [-0.4, -0.2) is 49.2 Å². The number of hydrogen-bond donors (Lipinski definition) is 1. The van der Waals surface area contributed by atoms with E-state index < -0.39 is 10.2 Å². The third-order valence-electron chi connectivity index (χ3n) is 4.71. The number of nitrogens with zero attached hydrogens (tertiary/aromatic N) is 2. The summed E-state index contributed by atoms with van der Waals surface area (Å²) in [7, 11) is -1.57. The van der Waals surface area contributed by atoms with Crippen molar-refractivity contribution in [3.05, 3.63) is 0 Å². The zero-order valence-corrected chi connectivity index (χ0v) is 14.1. The lowest BCUT2D eigenvalue weighted by Gasteiger charge is -2.39. The van der Waals surface area contributed by atoms with Gasteiger partial charge in [-0.2, -0.15) is 17.0 Å². The molecule has 2 fully saturated rings. The van der Waals surface area contributed by atoms with Gasteiger partial charge in [0, 0.05) is 32.2 Å². The highest BCUT2D eigenvalue weighted by Crippen LogP contribution is 2.26. The zero-order chi connectivity index (χ0) is 14.0. The van der Waals surface area contributed by atoms with Gasteiger partial charge in [-0.05, 0) is 25.2 Å². The van der Waals surface area contributed by atoms with Crippen molar-refractivity contribution in [3.63, 3.8) is 0 Å². The van der Waals surface area contributed by atoms with Gasteiger partial charge in [-0.3, -0.25) is 0 Å². The summed E-state index contributed by atoms with van der Waals surface area (Å²) < 4.78 is 28.5. The Bertz CT molecular complexity index is 390. The Hall–Kier alpha value is 0.120. The van der Waals surface area contributed by atoms with Gasteiger partial charge in [0.25, 0.3) is 10.2 Å². The Morgan fingerprint density at radius 1 is 1.15 bits per heavy atom. The first kappa shape index (κ1) is 18.2. The standard InChI is InChI=1S/C13H27N3O2S.ClH/c1-11-10-16(9-8-13(11)14)19(17,18)15(2)12-6-4-3-5-7-12;/h11-13H,3-10,14H2,1-2H3;1H. The maximum atomic E-state index is 12.6. The maximum Gasteiger partial charge on any atom is 0.281 e. The van der Waals surface area contributed by atoms with Gasteiger partial charge in [-0.25, -0.2) is 0 Å². The molecule has 1 saturated carbocycles. The molecule has 120 valence electrons. The molecule has 5 nitrogen and oxygen atoms in total. The predicted octanol–water partition coefficient (Wildman–Crippen LogP) is 1.59. The Labute approximate surface area is 129 Å². The molecule has 1 heterocycles. The van der Waals surface area contributed by atoms with E-state index in [1.54, 1.807) is 15.7 Å². The molecule has 20 heavy (non-hydrogen) atoms. The van der Waals surface area contributed by atoms with Gasteiger partial charge in [-0.1, -0.05) is 26.2 Å². The fraction of sp³-hybridized carbons (Fsp3) is 1.00. The Morgan fingerprint density at radius 2 is 1.75 bits per heavy atom. The van der Waals surface area contributed by atoms with Crippen LogP contribution in [0.1, 0.15) is 45.4 Å². The molecule has 0 bridgehead atoms. The van der Waals surface area contributed by atoms with Crippen molar-refractivity contribution in [1.29, 1.82) is 0 Å². The molecule has 0 aromatic carbocycles. The average Bonchev–Trinajstić information content (AvgIpc) is 2.41. The molecule has 1 aliphatic carbocycles. The van der Waals surface area contributed by atoms with Gasteiger partial charge >= 0.3 is 0 Å². The second-order valence-corrected chi connectivity index (χ2v) is 8.09. The van der Waals surface area contributed by atoms with E-state index in [9.17, 15) is 8.42 Å². The molecule has 1 saturated heterocycles. The van der Waals surface area contributed by atoms with Gasteiger partial charge in [-0.15, -0.1) is 12.4 Å². The summed E-state index contributed by atoms with van der Waals surface area (Å²) in [6, 6.07) is 0.316. The highest BCUT2D eigenvalue weighted by Gasteiger charge is 2.36. The van der Waals surface area contributed by atoms with Crippen molar-refractivity contribution in [2.24, 2.45) is 11.7 Å². The smallest absolute Gasteiger partial charge is 0.281 e. The highest BCUT2D eigenvalue weighted by molar-refractivity contribution is 7.86. The number of halogens is 1. The van der Waals surface area contributed by atoms with E-state index in [0.29, 0.717) is 13.1 Å². The molecule has 0 radical (unpaired) electrons. The van der Waals surface area contributed by atoms with Gasteiger partial charge in [0.15, 0.2) is 0 Å². The monoisotopic (exact) mass is 325 g/mol. The van der Waals surface area contributed by atoms with E-state index in [0.717, 1.165) is 32.1 Å². The first-order valence-electron chi connectivity index (χ1n) is 7.41. The van der Waals surface area contributed by atoms with Crippen LogP contribution in [0.2, 0.25) is 0 Å². The molecule has 2 N–H and O–H groups in total. The van der Waals surface area contributed by atoms with Crippen LogP contribution in [0.25, 0.3) is 0 Å². The summed E-state index contributed by atoms with van der Waals surface area (Å²) in [6.45, 7) is 3.15. The maximum absolute atomic E-state index is 12.6. The van der Waals surface area contributed by atoms with Crippen molar-refractivity contribution in [2.75, 3.05) is 20.1 Å². The minimum absolute atomic E-state index is 0. The van der Waals surface area contributed by atoms with Gasteiger partial charge in [0.2, 0.25) is 0 Å². The third kappa shape index (κ3) is 3.85. The largest absolute Gasteiger partial charge is 0.327 e. The lowest BCUT2D eigenvalue weighted by atomic mass is 9.96. The quantitative estimate of drug-likeness (QED) is 0.856. The van der Waals surface area contributed by atoms with Crippen LogP contribution in [0.5, 0.6) is 0 Å². The number of rotatable bonds is 3. The van der Waals surface area contributed by atoms with E-state index in [-0.39, 0.29) is 30.4 Å². The summed E-state index contributed by atoms with van der Waals surface area (Å²) in [5, 5.41) is 0. The van der Waals surface area contributed by atoms with Crippen LogP contribution in [0.3, 0.4) is 0 Å². The Morgan fingerprint density at radius 3 is 2.30 bits per heavy atom. The number of nitrogens with two attached hydrogens (primary N) is 1. The topological polar surface area (TPSA) is 66.6 Å². The lowest BCUT2D eigenvalue weighted by molar-refractivity contribution is 0.217. The molecule has 1 aliphatic heterocycles. The highest BCUT2D eigenvalue weighted by atomic mass is 35.5. The normalized spacial score (nSPS) is 30.2. The molecule has 2 rings (SSSR count). The van der Waals surface area contributed by atoms with E-state index in [1.807, 2.05) is 6.92 Å². The number of piperidine rings is 1. The molecule has 7 heteroatoms. The average molecular weight is 326 g/mol. The van der Waals surface area contributed by atoms with Crippen molar-refractivity contribution < 1.29 is 8.42 Å².